The molecular formula is C33H54O11. The van der Waals surface area contributed by atoms with Crippen LogP contribution in [0.3, 0.4) is 0 Å². The molecule has 252 valence electrons. The van der Waals surface area contributed by atoms with Crippen molar-refractivity contribution < 1.29 is 54.7 Å². The van der Waals surface area contributed by atoms with Gasteiger partial charge in [0, 0.05) is 24.2 Å². The summed E-state index contributed by atoms with van der Waals surface area (Å²) < 4.78 is 24.8. The molecule has 0 aromatic rings. The van der Waals surface area contributed by atoms with Gasteiger partial charge in [0.2, 0.25) is 0 Å². The van der Waals surface area contributed by atoms with E-state index >= 15 is 0 Å². The standard InChI is InChI=1S/C33H54O11/c1-15-5-8-33(41-14-15)16(2)25-21(44-33)10-19-17-9-24(36)32(40)12-22(42-29-28(39)27(38)26(37)23(13-34)43-29)20(35)11-31(32,4)18(17)6-7-30(19,25)3/h15-29,34-40H,5-14H2,1-4H3/t15-,16+,17-,18+,19-,20-,21+,22-,23-,24-,25+,26-,27+,28-,29-,30+,31-,32+,33-/m1/s1. The number of aliphatic hydroxyl groups is 7. The molecule has 0 aromatic heterocycles. The van der Waals surface area contributed by atoms with Crippen molar-refractivity contribution in [3.8, 4) is 0 Å². The highest BCUT2D eigenvalue weighted by molar-refractivity contribution is 5.20. The molecule has 0 amide bonds. The zero-order chi connectivity index (χ0) is 31.6. The first-order valence-corrected chi connectivity index (χ1v) is 17.1. The second kappa shape index (κ2) is 10.8. The molecule has 4 saturated carbocycles. The van der Waals surface area contributed by atoms with Crippen LogP contribution in [0.25, 0.3) is 0 Å². The molecule has 44 heavy (non-hydrogen) atoms. The number of hydrogen-bond donors (Lipinski definition) is 7. The van der Waals surface area contributed by atoms with E-state index in [1.807, 2.05) is 6.92 Å². The van der Waals surface area contributed by atoms with E-state index in [0.29, 0.717) is 24.2 Å². The van der Waals surface area contributed by atoms with Crippen LogP contribution in [0.15, 0.2) is 0 Å². The van der Waals surface area contributed by atoms with Gasteiger partial charge >= 0.3 is 0 Å². The third-order valence-corrected chi connectivity index (χ3v) is 14.3. The van der Waals surface area contributed by atoms with Gasteiger partial charge in [0.15, 0.2) is 12.1 Å². The van der Waals surface area contributed by atoms with Gasteiger partial charge in [0.25, 0.3) is 0 Å². The summed E-state index contributed by atoms with van der Waals surface area (Å²) in [5.74, 6) is 1.31. The van der Waals surface area contributed by atoms with E-state index in [-0.39, 0.29) is 42.1 Å². The highest BCUT2D eigenvalue weighted by atomic mass is 16.7. The van der Waals surface area contributed by atoms with Crippen LogP contribution in [0, 0.1) is 46.3 Å². The Morgan fingerprint density at radius 2 is 1.64 bits per heavy atom. The van der Waals surface area contributed by atoms with Crippen molar-refractivity contribution in [3.63, 3.8) is 0 Å². The Labute approximate surface area is 259 Å². The summed E-state index contributed by atoms with van der Waals surface area (Å²) in [5.41, 5.74) is -2.29. The van der Waals surface area contributed by atoms with Crippen LogP contribution in [0.4, 0.5) is 0 Å². The van der Waals surface area contributed by atoms with Gasteiger partial charge in [0.1, 0.15) is 24.4 Å². The Kier molecular flexibility index (Phi) is 7.87. The van der Waals surface area contributed by atoms with Gasteiger partial charge in [-0.15, -0.1) is 0 Å². The van der Waals surface area contributed by atoms with Crippen LogP contribution in [0.1, 0.15) is 79.1 Å². The third kappa shape index (κ3) is 4.34. The largest absolute Gasteiger partial charge is 0.394 e. The normalized spacial score (nSPS) is 62.1. The molecule has 7 N–H and O–H groups in total. The van der Waals surface area contributed by atoms with Crippen LogP contribution in [0.2, 0.25) is 0 Å². The Bertz CT molecular complexity index is 1080. The summed E-state index contributed by atoms with van der Waals surface area (Å²) in [4.78, 5) is 0. The summed E-state index contributed by atoms with van der Waals surface area (Å²) in [5, 5.41) is 76.0. The molecule has 11 nitrogen and oxygen atoms in total. The second-order valence-electron chi connectivity index (χ2n) is 16.3. The number of rotatable bonds is 3. The fraction of sp³-hybridized carbons (Fsp3) is 1.00. The molecule has 4 aliphatic carbocycles. The van der Waals surface area contributed by atoms with E-state index in [1.165, 1.54) is 0 Å². The molecule has 3 aliphatic heterocycles. The molecule has 7 rings (SSSR count). The van der Waals surface area contributed by atoms with Gasteiger partial charge < -0.3 is 54.7 Å². The van der Waals surface area contributed by atoms with E-state index < -0.39 is 72.4 Å². The maximum atomic E-state index is 12.3. The van der Waals surface area contributed by atoms with Crippen molar-refractivity contribution in [3.05, 3.63) is 0 Å². The first kappa shape index (κ1) is 32.1. The van der Waals surface area contributed by atoms with E-state index in [2.05, 4.69) is 20.8 Å². The van der Waals surface area contributed by atoms with Crippen molar-refractivity contribution in [1.29, 1.82) is 0 Å². The zero-order valence-corrected chi connectivity index (χ0v) is 26.5. The first-order valence-electron chi connectivity index (χ1n) is 17.1. The number of fused-ring (bicyclic) bond motifs is 7. The van der Waals surface area contributed by atoms with Crippen LogP contribution in [-0.2, 0) is 18.9 Å². The highest BCUT2D eigenvalue weighted by Gasteiger charge is 2.72. The molecule has 0 aromatic carbocycles. The van der Waals surface area contributed by atoms with Gasteiger partial charge in [-0.05, 0) is 73.5 Å². The molecule has 0 unspecified atom stereocenters. The van der Waals surface area contributed by atoms with Crippen LogP contribution < -0.4 is 0 Å². The van der Waals surface area contributed by atoms with E-state index in [0.717, 1.165) is 38.7 Å². The van der Waals surface area contributed by atoms with Gasteiger partial charge in [-0.25, -0.2) is 0 Å². The lowest BCUT2D eigenvalue weighted by Crippen LogP contribution is -2.71. The topological polar surface area (TPSA) is 179 Å². The lowest BCUT2D eigenvalue weighted by molar-refractivity contribution is -0.340. The molecule has 19 atom stereocenters. The Morgan fingerprint density at radius 3 is 2.32 bits per heavy atom. The van der Waals surface area contributed by atoms with Gasteiger partial charge in [-0.1, -0.05) is 27.7 Å². The number of aliphatic hydroxyl groups excluding tert-OH is 6. The molecule has 3 heterocycles. The molecule has 7 fully saturated rings. The molecule has 1 spiro atoms. The summed E-state index contributed by atoms with van der Waals surface area (Å²) >= 11 is 0. The minimum atomic E-state index is -1.62. The summed E-state index contributed by atoms with van der Waals surface area (Å²) in [6.07, 6.45) is -4.87. The maximum absolute atomic E-state index is 12.3. The highest BCUT2D eigenvalue weighted by Crippen LogP contribution is 2.72. The minimum absolute atomic E-state index is 0.0365. The Balaban J connectivity index is 1.10. The fourth-order valence-electron chi connectivity index (χ4n) is 11.8. The van der Waals surface area contributed by atoms with Gasteiger partial charge in [-0.2, -0.15) is 0 Å². The quantitative estimate of drug-likeness (QED) is 0.219. The number of hydrogen-bond acceptors (Lipinski definition) is 11. The van der Waals surface area contributed by atoms with Crippen molar-refractivity contribution in [2.45, 2.75) is 146 Å². The molecule has 11 heteroatoms. The molecule has 0 bridgehead atoms. The molecule has 7 aliphatic rings. The first-order chi connectivity index (χ1) is 20.7. The van der Waals surface area contributed by atoms with E-state index in [9.17, 15) is 35.7 Å². The predicted octanol–water partition coefficient (Wildman–Crippen LogP) is 0.675. The average molecular weight is 627 g/mol. The molecular weight excluding hydrogens is 572 g/mol. The van der Waals surface area contributed by atoms with Crippen molar-refractivity contribution in [1.82, 2.24) is 0 Å². The monoisotopic (exact) mass is 626 g/mol. The van der Waals surface area contributed by atoms with Crippen molar-refractivity contribution in [2.24, 2.45) is 46.3 Å². The smallest absolute Gasteiger partial charge is 0.187 e. The lowest BCUT2D eigenvalue weighted by Gasteiger charge is -2.66. The van der Waals surface area contributed by atoms with Gasteiger partial charge in [0.05, 0.1) is 43.2 Å². The Morgan fingerprint density at radius 1 is 0.886 bits per heavy atom. The van der Waals surface area contributed by atoms with Crippen molar-refractivity contribution in [2.75, 3.05) is 13.2 Å². The predicted molar refractivity (Wildman–Crippen MR) is 155 cm³/mol. The van der Waals surface area contributed by atoms with Crippen LogP contribution >= 0.6 is 0 Å². The van der Waals surface area contributed by atoms with Gasteiger partial charge in [-0.3, -0.25) is 0 Å². The minimum Gasteiger partial charge on any atom is -0.394 e. The lowest BCUT2D eigenvalue weighted by atomic mass is 9.42. The fourth-order valence-corrected chi connectivity index (χ4v) is 11.8. The molecule has 3 saturated heterocycles. The van der Waals surface area contributed by atoms with Crippen molar-refractivity contribution >= 4 is 0 Å². The molecule has 0 radical (unpaired) electrons. The van der Waals surface area contributed by atoms with E-state index in [4.69, 9.17) is 18.9 Å². The SMILES string of the molecule is C[C@@H]1CC[C@@]2(OC1)O[C@H]1C[C@@H]3[C@@H]4C[C@@H](O)[C@@]5(O)C[C@@H](O[C@@H]6O[C@H](CO)[C@@H](O)[C@H](O)[C@H]6O)[C@H](O)C[C@]5(C)[C@H]4CC[C@]3(C)[C@H]1[C@@H]2C. The Hall–Kier alpha value is -0.440. The zero-order valence-electron chi connectivity index (χ0n) is 26.5. The second-order valence-corrected chi connectivity index (χ2v) is 16.3. The maximum Gasteiger partial charge on any atom is 0.187 e. The summed E-state index contributed by atoms with van der Waals surface area (Å²) in [6.45, 7) is 9.10. The summed E-state index contributed by atoms with van der Waals surface area (Å²) in [6, 6.07) is 0. The van der Waals surface area contributed by atoms with Crippen LogP contribution in [0.5, 0.6) is 0 Å². The number of ether oxygens (including phenoxy) is 4. The summed E-state index contributed by atoms with van der Waals surface area (Å²) in [7, 11) is 0. The third-order valence-electron chi connectivity index (χ3n) is 14.3. The average Bonchev–Trinajstić information content (AvgIpc) is 3.42. The van der Waals surface area contributed by atoms with E-state index in [1.54, 1.807) is 0 Å². The van der Waals surface area contributed by atoms with Crippen LogP contribution in [-0.4, -0.2) is 115 Å².